The maximum atomic E-state index is 12.6. The Hall–Kier alpha value is -2.74. The highest BCUT2D eigenvalue weighted by Gasteiger charge is 2.16. The Balaban J connectivity index is 1.76. The molecule has 0 spiro atoms. The van der Waals surface area contributed by atoms with Crippen molar-refractivity contribution in [3.05, 3.63) is 82.3 Å². The summed E-state index contributed by atoms with van der Waals surface area (Å²) in [6.45, 7) is 0. The number of sulfonamides is 1. The maximum Gasteiger partial charge on any atom is 0.261 e. The first kappa shape index (κ1) is 21.0. The summed E-state index contributed by atoms with van der Waals surface area (Å²) in [5.74, 6) is 0.0679. The van der Waals surface area contributed by atoms with Crippen LogP contribution in [0.5, 0.6) is 5.75 Å². The van der Waals surface area contributed by atoms with E-state index in [2.05, 4.69) is 10.0 Å². The third-order valence-corrected chi connectivity index (χ3v) is 5.72. The van der Waals surface area contributed by atoms with E-state index in [-0.39, 0.29) is 16.5 Å². The summed E-state index contributed by atoms with van der Waals surface area (Å²) in [5, 5.41) is 3.33. The number of carbonyl (C=O) groups excluding carboxylic acids is 1. The second-order valence-corrected chi connectivity index (χ2v) is 8.50. The first-order valence-corrected chi connectivity index (χ1v) is 10.6. The van der Waals surface area contributed by atoms with Gasteiger partial charge in [0.25, 0.3) is 15.9 Å². The molecule has 0 saturated carbocycles. The highest BCUT2D eigenvalue weighted by molar-refractivity contribution is 7.92. The fourth-order valence-electron chi connectivity index (χ4n) is 2.57. The van der Waals surface area contributed by atoms with Gasteiger partial charge in [0.15, 0.2) is 0 Å². The zero-order valence-corrected chi connectivity index (χ0v) is 17.5. The summed E-state index contributed by atoms with van der Waals surface area (Å²) in [6, 6.07) is 16.9. The Kier molecular flexibility index (Phi) is 6.32. The van der Waals surface area contributed by atoms with E-state index in [1.165, 1.54) is 49.6 Å². The van der Waals surface area contributed by atoms with E-state index >= 15 is 0 Å². The van der Waals surface area contributed by atoms with Gasteiger partial charge in [-0.1, -0.05) is 35.3 Å². The highest BCUT2D eigenvalue weighted by atomic mass is 35.5. The molecule has 150 valence electrons. The normalized spacial score (nSPS) is 11.0. The van der Waals surface area contributed by atoms with Gasteiger partial charge in [-0.05, 0) is 54.6 Å². The van der Waals surface area contributed by atoms with Crippen molar-refractivity contribution in [2.24, 2.45) is 0 Å². The molecule has 0 atom stereocenters. The molecule has 1 amide bonds. The minimum absolute atomic E-state index is 0.0175. The van der Waals surface area contributed by atoms with Crippen molar-refractivity contribution < 1.29 is 17.9 Å². The molecule has 3 rings (SSSR count). The van der Waals surface area contributed by atoms with Gasteiger partial charge in [0, 0.05) is 15.7 Å². The Morgan fingerprint density at radius 1 is 0.897 bits per heavy atom. The Labute approximate surface area is 178 Å². The molecule has 0 radical (unpaired) electrons. The van der Waals surface area contributed by atoms with E-state index in [1.807, 2.05) is 0 Å². The number of nitrogens with one attached hydrogen (secondary N) is 2. The quantitative estimate of drug-likeness (QED) is 0.549. The topological polar surface area (TPSA) is 84.5 Å². The lowest BCUT2D eigenvalue weighted by atomic mass is 10.2. The highest BCUT2D eigenvalue weighted by Crippen LogP contribution is 2.25. The number of hydrogen-bond donors (Lipinski definition) is 2. The number of hydrogen-bond acceptors (Lipinski definition) is 4. The molecule has 3 aromatic carbocycles. The molecule has 0 aliphatic carbocycles. The van der Waals surface area contributed by atoms with Gasteiger partial charge in [-0.25, -0.2) is 8.42 Å². The summed E-state index contributed by atoms with van der Waals surface area (Å²) < 4.78 is 32.7. The van der Waals surface area contributed by atoms with Crippen molar-refractivity contribution in [1.82, 2.24) is 0 Å². The molecule has 0 aromatic heterocycles. The SMILES string of the molecule is COc1ccccc1C(=O)Nc1ccc(S(=O)(=O)Nc2cc(Cl)cc(Cl)c2)cc1. The van der Waals surface area contributed by atoms with Crippen LogP contribution in [0.3, 0.4) is 0 Å². The lowest BCUT2D eigenvalue weighted by Crippen LogP contribution is -2.14. The van der Waals surface area contributed by atoms with Crippen LogP contribution in [0, 0.1) is 0 Å². The molecule has 0 aliphatic heterocycles. The van der Waals surface area contributed by atoms with Gasteiger partial charge in [-0.3, -0.25) is 9.52 Å². The second kappa shape index (κ2) is 8.73. The summed E-state index contributed by atoms with van der Waals surface area (Å²) in [4.78, 5) is 12.5. The number of benzene rings is 3. The van der Waals surface area contributed by atoms with Gasteiger partial charge in [-0.2, -0.15) is 0 Å². The molecule has 9 heteroatoms. The van der Waals surface area contributed by atoms with Crippen LogP contribution in [0.1, 0.15) is 10.4 Å². The largest absolute Gasteiger partial charge is 0.496 e. The van der Waals surface area contributed by atoms with Crippen LogP contribution in [0.25, 0.3) is 0 Å². The lowest BCUT2D eigenvalue weighted by Gasteiger charge is -2.11. The molecule has 0 heterocycles. The monoisotopic (exact) mass is 450 g/mol. The van der Waals surface area contributed by atoms with Crippen molar-refractivity contribution in [3.8, 4) is 5.75 Å². The van der Waals surface area contributed by atoms with E-state index in [0.717, 1.165) is 0 Å². The molecule has 6 nitrogen and oxygen atoms in total. The van der Waals surface area contributed by atoms with Crippen molar-refractivity contribution in [3.63, 3.8) is 0 Å². The molecule has 0 fully saturated rings. The molecular weight excluding hydrogens is 435 g/mol. The van der Waals surface area contributed by atoms with E-state index < -0.39 is 10.0 Å². The number of carbonyl (C=O) groups is 1. The van der Waals surface area contributed by atoms with Crippen LogP contribution in [0.2, 0.25) is 10.0 Å². The number of anilines is 2. The van der Waals surface area contributed by atoms with E-state index in [4.69, 9.17) is 27.9 Å². The molecule has 0 aliphatic rings. The fraction of sp³-hybridized carbons (Fsp3) is 0.0500. The van der Waals surface area contributed by atoms with Gasteiger partial charge in [-0.15, -0.1) is 0 Å². The first-order chi connectivity index (χ1) is 13.8. The summed E-state index contributed by atoms with van der Waals surface area (Å²) in [5.41, 5.74) is 1.05. The fourth-order valence-corrected chi connectivity index (χ4v) is 4.14. The predicted octanol–water partition coefficient (Wildman–Crippen LogP) is 5.06. The molecule has 3 aromatic rings. The molecule has 29 heavy (non-hydrogen) atoms. The predicted molar refractivity (Wildman–Crippen MR) is 115 cm³/mol. The standard InChI is InChI=1S/C20H16Cl2N2O4S/c1-28-19-5-3-2-4-18(19)20(25)23-15-6-8-17(9-7-15)29(26,27)24-16-11-13(21)10-14(22)12-16/h2-12,24H,1H3,(H,23,25). The number of rotatable bonds is 6. The van der Waals surface area contributed by atoms with Crippen LogP contribution in [0.15, 0.2) is 71.6 Å². The van der Waals surface area contributed by atoms with E-state index in [1.54, 1.807) is 24.3 Å². The maximum absolute atomic E-state index is 12.6. The Morgan fingerprint density at radius 3 is 2.14 bits per heavy atom. The number of para-hydroxylation sites is 1. The van der Waals surface area contributed by atoms with E-state index in [0.29, 0.717) is 27.0 Å². The first-order valence-electron chi connectivity index (χ1n) is 8.32. The molecular formula is C20H16Cl2N2O4S. The molecule has 2 N–H and O–H groups in total. The van der Waals surface area contributed by atoms with Gasteiger partial charge in [0.1, 0.15) is 5.75 Å². The summed E-state index contributed by atoms with van der Waals surface area (Å²) in [6.07, 6.45) is 0. The Bertz CT molecular complexity index is 1130. The number of ether oxygens (including phenoxy) is 1. The summed E-state index contributed by atoms with van der Waals surface area (Å²) in [7, 11) is -2.38. The van der Waals surface area contributed by atoms with Crippen LogP contribution in [-0.2, 0) is 10.0 Å². The van der Waals surface area contributed by atoms with Gasteiger partial charge in [0.05, 0.1) is 23.3 Å². The third kappa shape index (κ3) is 5.20. The van der Waals surface area contributed by atoms with Crippen molar-refractivity contribution >= 4 is 50.5 Å². The van der Waals surface area contributed by atoms with Crippen molar-refractivity contribution in [2.75, 3.05) is 17.1 Å². The lowest BCUT2D eigenvalue weighted by molar-refractivity contribution is 0.102. The zero-order valence-electron chi connectivity index (χ0n) is 15.1. The van der Waals surface area contributed by atoms with Gasteiger partial charge < -0.3 is 10.1 Å². The summed E-state index contributed by atoms with van der Waals surface area (Å²) >= 11 is 11.8. The van der Waals surface area contributed by atoms with Crippen molar-refractivity contribution in [2.45, 2.75) is 4.90 Å². The van der Waals surface area contributed by atoms with Crippen LogP contribution >= 0.6 is 23.2 Å². The average molecular weight is 451 g/mol. The minimum Gasteiger partial charge on any atom is -0.496 e. The number of amides is 1. The number of methoxy groups -OCH3 is 1. The number of halogens is 2. The molecule has 0 bridgehead atoms. The zero-order chi connectivity index (χ0) is 21.0. The smallest absolute Gasteiger partial charge is 0.261 e. The Morgan fingerprint density at radius 2 is 1.52 bits per heavy atom. The van der Waals surface area contributed by atoms with Crippen LogP contribution in [0.4, 0.5) is 11.4 Å². The molecule has 0 saturated heterocycles. The van der Waals surface area contributed by atoms with E-state index in [9.17, 15) is 13.2 Å². The van der Waals surface area contributed by atoms with Crippen LogP contribution in [-0.4, -0.2) is 21.4 Å². The van der Waals surface area contributed by atoms with Crippen LogP contribution < -0.4 is 14.8 Å². The van der Waals surface area contributed by atoms with Gasteiger partial charge >= 0.3 is 0 Å². The van der Waals surface area contributed by atoms with Gasteiger partial charge in [0.2, 0.25) is 0 Å². The average Bonchev–Trinajstić information content (AvgIpc) is 2.67. The second-order valence-electron chi connectivity index (χ2n) is 5.94. The third-order valence-electron chi connectivity index (χ3n) is 3.89. The van der Waals surface area contributed by atoms with Crippen molar-refractivity contribution in [1.29, 1.82) is 0 Å². The minimum atomic E-state index is -3.85. The molecule has 0 unspecified atom stereocenters.